The Morgan fingerprint density at radius 1 is 1.35 bits per heavy atom. The Kier molecular flexibility index (Phi) is 4.77. The highest BCUT2D eigenvalue weighted by atomic mass is 32.2. The van der Waals surface area contributed by atoms with Crippen molar-refractivity contribution in [1.29, 1.82) is 0 Å². The number of sulfone groups is 1. The molecule has 1 rings (SSSR count). The predicted octanol–water partition coefficient (Wildman–Crippen LogP) is 1.93. The fraction of sp³-hybridized carbons (Fsp3) is 0.667. The Morgan fingerprint density at radius 3 is 2.41 bits per heavy atom. The molecule has 0 aliphatic rings. The first-order valence-corrected chi connectivity index (χ1v) is 7.86. The summed E-state index contributed by atoms with van der Waals surface area (Å²) in [6.07, 6.45) is 2.07. The molecule has 0 bridgehead atoms. The Bertz CT molecular complexity index is 450. The van der Waals surface area contributed by atoms with Crippen LogP contribution in [0.25, 0.3) is 0 Å². The largest absolute Gasteiger partial charge is 0.464 e. The molecule has 1 aromatic heterocycles. The lowest BCUT2D eigenvalue weighted by atomic mass is 10.1. The van der Waals surface area contributed by atoms with E-state index >= 15 is 0 Å². The molecule has 0 saturated heterocycles. The van der Waals surface area contributed by atoms with E-state index in [-0.39, 0.29) is 6.04 Å². The Balaban J connectivity index is 3.00. The highest BCUT2D eigenvalue weighted by Gasteiger charge is 2.28. The second-order valence-electron chi connectivity index (χ2n) is 4.23. The molecule has 0 fully saturated rings. The van der Waals surface area contributed by atoms with E-state index in [1.165, 1.54) is 6.26 Å². The molecule has 1 heterocycles. The van der Waals surface area contributed by atoms with Gasteiger partial charge < -0.3 is 9.73 Å². The van der Waals surface area contributed by atoms with Gasteiger partial charge >= 0.3 is 0 Å². The summed E-state index contributed by atoms with van der Waals surface area (Å²) in [5, 5.41) is 2.67. The molecule has 0 spiro atoms. The number of aryl methyl sites for hydroxylation is 1. The fourth-order valence-corrected chi connectivity index (χ4v) is 2.44. The molecule has 5 heteroatoms. The fourth-order valence-electron chi connectivity index (χ4n) is 1.72. The highest BCUT2D eigenvalue weighted by Crippen LogP contribution is 2.24. The standard InChI is InChI=1S/C12H21NO3S/c1-5-10-7-8-11(16-10)12(13-6-2)9(3)17(4,14)15/h7-9,12-13H,5-6H2,1-4H3. The third-order valence-electron chi connectivity index (χ3n) is 2.91. The summed E-state index contributed by atoms with van der Waals surface area (Å²) in [6, 6.07) is 3.47. The molecule has 0 aliphatic carbocycles. The predicted molar refractivity (Wildman–Crippen MR) is 68.8 cm³/mol. The molecule has 0 amide bonds. The molecule has 0 aliphatic heterocycles. The van der Waals surface area contributed by atoms with Gasteiger partial charge in [0.2, 0.25) is 0 Å². The van der Waals surface area contributed by atoms with Crippen LogP contribution in [-0.4, -0.2) is 26.5 Å². The summed E-state index contributed by atoms with van der Waals surface area (Å²) in [4.78, 5) is 0. The molecular formula is C12H21NO3S. The summed E-state index contributed by atoms with van der Waals surface area (Å²) in [5.41, 5.74) is 0. The van der Waals surface area contributed by atoms with Crippen LogP contribution < -0.4 is 5.32 Å². The molecule has 17 heavy (non-hydrogen) atoms. The van der Waals surface area contributed by atoms with Gasteiger partial charge in [0.15, 0.2) is 9.84 Å². The third kappa shape index (κ3) is 3.57. The van der Waals surface area contributed by atoms with Gasteiger partial charge in [0.1, 0.15) is 11.5 Å². The molecular weight excluding hydrogens is 238 g/mol. The number of furan rings is 1. The van der Waals surface area contributed by atoms with Gasteiger partial charge in [-0.25, -0.2) is 8.42 Å². The highest BCUT2D eigenvalue weighted by molar-refractivity contribution is 7.91. The minimum absolute atomic E-state index is 0.282. The van der Waals surface area contributed by atoms with Crippen molar-refractivity contribution < 1.29 is 12.8 Å². The minimum Gasteiger partial charge on any atom is -0.464 e. The van der Waals surface area contributed by atoms with E-state index in [1.54, 1.807) is 6.92 Å². The topological polar surface area (TPSA) is 59.3 Å². The summed E-state index contributed by atoms with van der Waals surface area (Å²) in [6.45, 7) is 6.36. The zero-order chi connectivity index (χ0) is 13.1. The van der Waals surface area contributed by atoms with E-state index < -0.39 is 15.1 Å². The number of rotatable bonds is 6. The van der Waals surface area contributed by atoms with Gasteiger partial charge in [-0.05, 0) is 25.6 Å². The van der Waals surface area contributed by atoms with Crippen molar-refractivity contribution in [2.75, 3.05) is 12.8 Å². The minimum atomic E-state index is -3.09. The summed E-state index contributed by atoms with van der Waals surface area (Å²) in [5.74, 6) is 1.57. The van der Waals surface area contributed by atoms with Gasteiger partial charge in [0, 0.05) is 12.7 Å². The van der Waals surface area contributed by atoms with E-state index in [4.69, 9.17) is 4.42 Å². The van der Waals surface area contributed by atoms with Crippen molar-refractivity contribution in [3.8, 4) is 0 Å². The van der Waals surface area contributed by atoms with Crippen LogP contribution in [0.4, 0.5) is 0 Å². The van der Waals surface area contributed by atoms with Crippen molar-refractivity contribution in [2.45, 2.75) is 38.5 Å². The van der Waals surface area contributed by atoms with Crippen LogP contribution in [0.15, 0.2) is 16.5 Å². The van der Waals surface area contributed by atoms with E-state index in [9.17, 15) is 8.42 Å². The molecule has 2 unspecified atom stereocenters. The molecule has 0 saturated carbocycles. The molecule has 0 radical (unpaired) electrons. The van der Waals surface area contributed by atoms with Crippen molar-refractivity contribution >= 4 is 9.84 Å². The van der Waals surface area contributed by atoms with Crippen LogP contribution in [0.1, 0.15) is 38.3 Å². The number of hydrogen-bond acceptors (Lipinski definition) is 4. The quantitative estimate of drug-likeness (QED) is 0.848. The van der Waals surface area contributed by atoms with Crippen LogP contribution >= 0.6 is 0 Å². The third-order valence-corrected chi connectivity index (χ3v) is 4.53. The van der Waals surface area contributed by atoms with Crippen molar-refractivity contribution in [1.82, 2.24) is 5.32 Å². The molecule has 4 nitrogen and oxygen atoms in total. The molecule has 2 atom stereocenters. The van der Waals surface area contributed by atoms with Crippen molar-refractivity contribution in [2.24, 2.45) is 0 Å². The molecule has 98 valence electrons. The lowest BCUT2D eigenvalue weighted by Gasteiger charge is -2.21. The maximum Gasteiger partial charge on any atom is 0.152 e. The maximum atomic E-state index is 11.6. The van der Waals surface area contributed by atoms with Gasteiger partial charge in [-0.3, -0.25) is 0 Å². The second kappa shape index (κ2) is 5.69. The molecule has 1 N–H and O–H groups in total. The van der Waals surface area contributed by atoms with Crippen molar-refractivity contribution in [3.05, 3.63) is 23.7 Å². The van der Waals surface area contributed by atoms with Gasteiger partial charge in [-0.2, -0.15) is 0 Å². The Labute approximate surface area is 103 Å². The first-order valence-electron chi connectivity index (χ1n) is 5.91. The number of nitrogens with one attached hydrogen (secondary N) is 1. The normalized spacial score (nSPS) is 15.8. The zero-order valence-electron chi connectivity index (χ0n) is 10.9. The summed E-state index contributed by atoms with van der Waals surface area (Å²) < 4.78 is 28.9. The van der Waals surface area contributed by atoms with Crippen molar-refractivity contribution in [3.63, 3.8) is 0 Å². The van der Waals surface area contributed by atoms with E-state index in [2.05, 4.69) is 5.32 Å². The van der Waals surface area contributed by atoms with Gasteiger partial charge in [-0.15, -0.1) is 0 Å². The lowest BCUT2D eigenvalue weighted by Crippen LogP contribution is -2.34. The maximum absolute atomic E-state index is 11.6. The first-order chi connectivity index (χ1) is 7.90. The van der Waals surface area contributed by atoms with E-state index in [0.717, 1.165) is 12.2 Å². The van der Waals surface area contributed by atoms with Crippen LogP contribution in [0.3, 0.4) is 0 Å². The Hall–Kier alpha value is -0.810. The smallest absolute Gasteiger partial charge is 0.152 e. The monoisotopic (exact) mass is 259 g/mol. The van der Waals surface area contributed by atoms with Crippen LogP contribution in [0, 0.1) is 0 Å². The lowest BCUT2D eigenvalue weighted by molar-refractivity contribution is 0.390. The summed E-state index contributed by atoms with van der Waals surface area (Å²) >= 11 is 0. The van der Waals surface area contributed by atoms with Crippen LogP contribution in [0.5, 0.6) is 0 Å². The van der Waals surface area contributed by atoms with E-state index in [0.29, 0.717) is 12.3 Å². The number of hydrogen-bond donors (Lipinski definition) is 1. The van der Waals surface area contributed by atoms with Crippen LogP contribution in [0.2, 0.25) is 0 Å². The van der Waals surface area contributed by atoms with Gasteiger partial charge in [-0.1, -0.05) is 13.8 Å². The Morgan fingerprint density at radius 2 is 2.00 bits per heavy atom. The second-order valence-corrected chi connectivity index (χ2v) is 6.63. The van der Waals surface area contributed by atoms with E-state index in [1.807, 2.05) is 26.0 Å². The van der Waals surface area contributed by atoms with Gasteiger partial charge in [0.25, 0.3) is 0 Å². The molecule has 1 aromatic rings. The SMILES string of the molecule is CCNC(c1ccc(CC)o1)C(C)S(C)(=O)=O. The molecule has 0 aromatic carbocycles. The van der Waals surface area contributed by atoms with Gasteiger partial charge in [0.05, 0.1) is 11.3 Å². The average molecular weight is 259 g/mol. The van der Waals surface area contributed by atoms with Crippen LogP contribution in [-0.2, 0) is 16.3 Å². The first kappa shape index (κ1) is 14.3. The zero-order valence-corrected chi connectivity index (χ0v) is 11.7. The summed E-state index contributed by atoms with van der Waals surface area (Å²) in [7, 11) is -3.09. The average Bonchev–Trinajstić information content (AvgIpc) is 2.72.